The lowest BCUT2D eigenvalue weighted by atomic mass is 10.1. The molecule has 110 valence electrons. The summed E-state index contributed by atoms with van der Waals surface area (Å²) in [5.41, 5.74) is 0.994. The minimum Gasteiger partial charge on any atom is -0.394 e. The molecule has 0 saturated heterocycles. The Morgan fingerprint density at radius 3 is 2.57 bits per heavy atom. The van der Waals surface area contributed by atoms with Gasteiger partial charge in [0.25, 0.3) is 5.91 Å². The summed E-state index contributed by atoms with van der Waals surface area (Å²) < 4.78 is 0. The number of nitro groups is 1. The Morgan fingerprint density at radius 2 is 2.00 bits per heavy atom. The fraction of sp³-hybridized carbons (Fsp3) is 0.214. The second-order valence-corrected chi connectivity index (χ2v) is 5.50. The summed E-state index contributed by atoms with van der Waals surface area (Å²) in [5.74, 6) is -0.414. The van der Waals surface area contributed by atoms with Crippen LogP contribution < -0.4 is 5.32 Å². The largest absolute Gasteiger partial charge is 0.394 e. The molecule has 21 heavy (non-hydrogen) atoms. The number of aliphatic hydroxyl groups excluding tert-OH is 1. The zero-order valence-corrected chi connectivity index (χ0v) is 11.9. The van der Waals surface area contributed by atoms with Crippen LogP contribution in [0.3, 0.4) is 0 Å². The van der Waals surface area contributed by atoms with E-state index < -0.39 is 16.9 Å². The number of rotatable bonds is 6. The SMILES string of the molecule is O=C(N[C@H](CO)Cc1ccccc1)c1ccc([N+](=O)[O-])s1. The zero-order chi connectivity index (χ0) is 15.2. The third kappa shape index (κ3) is 4.11. The number of benzene rings is 1. The van der Waals surface area contributed by atoms with Gasteiger partial charge in [0, 0.05) is 6.07 Å². The molecule has 1 aromatic heterocycles. The molecule has 0 radical (unpaired) electrons. The number of aliphatic hydroxyl groups is 1. The van der Waals surface area contributed by atoms with Crippen molar-refractivity contribution in [3.05, 3.63) is 63.0 Å². The quantitative estimate of drug-likeness (QED) is 0.630. The summed E-state index contributed by atoms with van der Waals surface area (Å²) in [7, 11) is 0. The van der Waals surface area contributed by atoms with Crippen molar-refractivity contribution in [3.63, 3.8) is 0 Å². The Kier molecular flexibility index (Phi) is 5.02. The zero-order valence-electron chi connectivity index (χ0n) is 11.1. The second kappa shape index (κ2) is 6.96. The summed E-state index contributed by atoms with van der Waals surface area (Å²) >= 11 is 0.815. The minimum absolute atomic E-state index is 0.0799. The highest BCUT2D eigenvalue weighted by Gasteiger charge is 2.18. The van der Waals surface area contributed by atoms with Crippen LogP contribution in [0.2, 0.25) is 0 Å². The third-order valence-electron chi connectivity index (χ3n) is 2.88. The van der Waals surface area contributed by atoms with E-state index in [9.17, 15) is 20.0 Å². The maximum atomic E-state index is 12.0. The molecule has 2 aromatic rings. The van der Waals surface area contributed by atoms with Gasteiger partial charge in [0.2, 0.25) is 0 Å². The predicted octanol–water partition coefficient (Wildman–Crippen LogP) is 1.99. The number of thiophene rings is 1. The highest BCUT2D eigenvalue weighted by atomic mass is 32.1. The van der Waals surface area contributed by atoms with Crippen molar-refractivity contribution in [3.8, 4) is 0 Å². The first-order chi connectivity index (χ1) is 10.1. The number of nitrogens with zero attached hydrogens (tertiary/aromatic N) is 1. The van der Waals surface area contributed by atoms with E-state index in [2.05, 4.69) is 5.32 Å². The maximum absolute atomic E-state index is 12.0. The topological polar surface area (TPSA) is 92.5 Å². The van der Waals surface area contributed by atoms with Gasteiger partial charge in [-0.15, -0.1) is 0 Å². The summed E-state index contributed by atoms with van der Waals surface area (Å²) in [6.45, 7) is -0.200. The van der Waals surface area contributed by atoms with Crippen LogP contribution in [-0.2, 0) is 6.42 Å². The summed E-state index contributed by atoms with van der Waals surface area (Å²) in [5, 5.41) is 22.6. The summed E-state index contributed by atoms with van der Waals surface area (Å²) in [6, 6.07) is 11.7. The van der Waals surface area contributed by atoms with Crippen molar-refractivity contribution in [1.82, 2.24) is 5.32 Å². The maximum Gasteiger partial charge on any atom is 0.324 e. The molecular weight excluding hydrogens is 292 g/mol. The van der Waals surface area contributed by atoms with Gasteiger partial charge in [-0.3, -0.25) is 14.9 Å². The van der Waals surface area contributed by atoms with E-state index in [4.69, 9.17) is 0 Å². The minimum atomic E-state index is -0.533. The first kappa shape index (κ1) is 15.1. The molecule has 6 nitrogen and oxygen atoms in total. The van der Waals surface area contributed by atoms with Crippen LogP contribution >= 0.6 is 11.3 Å². The monoisotopic (exact) mass is 306 g/mol. The van der Waals surface area contributed by atoms with Gasteiger partial charge in [0.1, 0.15) is 0 Å². The molecule has 0 unspecified atom stereocenters. The number of nitrogens with one attached hydrogen (secondary N) is 1. The van der Waals surface area contributed by atoms with Gasteiger partial charge in [-0.1, -0.05) is 41.7 Å². The van der Waals surface area contributed by atoms with Gasteiger partial charge in [0.15, 0.2) is 0 Å². The Hall–Kier alpha value is -2.25. The molecular formula is C14H14N2O4S. The van der Waals surface area contributed by atoms with E-state index in [1.54, 1.807) is 0 Å². The fourth-order valence-corrected chi connectivity index (χ4v) is 2.59. The van der Waals surface area contributed by atoms with Crippen molar-refractivity contribution < 1.29 is 14.8 Å². The average molecular weight is 306 g/mol. The van der Waals surface area contributed by atoms with Crippen LogP contribution in [0.15, 0.2) is 42.5 Å². The van der Waals surface area contributed by atoms with E-state index in [1.165, 1.54) is 12.1 Å². The average Bonchev–Trinajstić information content (AvgIpc) is 2.97. The highest BCUT2D eigenvalue weighted by molar-refractivity contribution is 7.17. The normalized spacial score (nSPS) is 11.9. The van der Waals surface area contributed by atoms with Gasteiger partial charge in [-0.05, 0) is 18.1 Å². The van der Waals surface area contributed by atoms with Gasteiger partial charge in [-0.2, -0.15) is 0 Å². The molecule has 1 amide bonds. The molecule has 0 fully saturated rings. The molecule has 1 atom stereocenters. The molecule has 0 aliphatic rings. The van der Waals surface area contributed by atoms with Gasteiger partial charge >= 0.3 is 5.00 Å². The lowest BCUT2D eigenvalue weighted by Gasteiger charge is -2.15. The molecule has 0 aliphatic carbocycles. The van der Waals surface area contributed by atoms with E-state index in [1.807, 2.05) is 30.3 Å². The van der Waals surface area contributed by atoms with E-state index in [0.29, 0.717) is 6.42 Å². The molecule has 0 spiro atoms. The molecule has 0 bridgehead atoms. The smallest absolute Gasteiger partial charge is 0.324 e. The molecule has 0 saturated carbocycles. The van der Waals surface area contributed by atoms with Crippen LogP contribution in [0.4, 0.5) is 5.00 Å². The van der Waals surface area contributed by atoms with E-state index in [0.717, 1.165) is 16.9 Å². The van der Waals surface area contributed by atoms with E-state index >= 15 is 0 Å². The van der Waals surface area contributed by atoms with Gasteiger partial charge in [0.05, 0.1) is 22.4 Å². The summed E-state index contributed by atoms with van der Waals surface area (Å²) in [4.78, 5) is 22.3. The van der Waals surface area contributed by atoms with Crippen LogP contribution in [0.25, 0.3) is 0 Å². The highest BCUT2D eigenvalue weighted by Crippen LogP contribution is 2.23. The standard InChI is InChI=1S/C14H14N2O4S/c17-9-11(8-10-4-2-1-3-5-10)15-14(18)12-6-7-13(21-12)16(19)20/h1-7,11,17H,8-9H2,(H,15,18)/t11-/m0/s1. The number of carbonyl (C=O) groups excluding carboxylic acids is 1. The van der Waals surface area contributed by atoms with Crippen molar-refractivity contribution in [2.45, 2.75) is 12.5 Å². The van der Waals surface area contributed by atoms with Gasteiger partial charge in [-0.25, -0.2) is 0 Å². The molecule has 1 heterocycles. The lowest BCUT2D eigenvalue weighted by Crippen LogP contribution is -2.38. The van der Waals surface area contributed by atoms with Crippen LogP contribution in [0, 0.1) is 10.1 Å². The fourth-order valence-electron chi connectivity index (χ4n) is 1.86. The Balaban J connectivity index is 2.00. The Labute approximate surface area is 125 Å². The molecule has 2 rings (SSSR count). The number of carbonyl (C=O) groups is 1. The van der Waals surface area contributed by atoms with Crippen molar-refractivity contribution >= 4 is 22.2 Å². The Bertz CT molecular complexity index is 627. The van der Waals surface area contributed by atoms with Crippen molar-refractivity contribution in [1.29, 1.82) is 0 Å². The van der Waals surface area contributed by atoms with Crippen molar-refractivity contribution in [2.24, 2.45) is 0 Å². The van der Waals surface area contributed by atoms with Crippen LogP contribution in [0.5, 0.6) is 0 Å². The first-order valence-electron chi connectivity index (χ1n) is 6.30. The second-order valence-electron chi connectivity index (χ2n) is 4.44. The number of hydrogen-bond acceptors (Lipinski definition) is 5. The predicted molar refractivity (Wildman–Crippen MR) is 79.5 cm³/mol. The molecule has 7 heteroatoms. The lowest BCUT2D eigenvalue weighted by molar-refractivity contribution is -0.380. The molecule has 2 N–H and O–H groups in total. The Morgan fingerprint density at radius 1 is 1.29 bits per heavy atom. The number of hydrogen-bond donors (Lipinski definition) is 2. The molecule has 0 aliphatic heterocycles. The van der Waals surface area contributed by atoms with E-state index in [-0.39, 0.29) is 16.5 Å². The molecule has 1 aromatic carbocycles. The summed E-state index contributed by atoms with van der Waals surface area (Å²) in [6.07, 6.45) is 0.497. The van der Waals surface area contributed by atoms with Gasteiger partial charge < -0.3 is 10.4 Å². The van der Waals surface area contributed by atoms with Crippen LogP contribution in [-0.4, -0.2) is 28.6 Å². The van der Waals surface area contributed by atoms with Crippen LogP contribution in [0.1, 0.15) is 15.2 Å². The first-order valence-corrected chi connectivity index (χ1v) is 7.11. The third-order valence-corrected chi connectivity index (χ3v) is 3.91. The number of amides is 1. The van der Waals surface area contributed by atoms with Crippen molar-refractivity contribution in [2.75, 3.05) is 6.61 Å².